The monoisotopic (exact) mass is 287 g/mol. The second-order valence-electron chi connectivity index (χ2n) is 5.58. The molecule has 0 saturated carbocycles. The molecule has 0 atom stereocenters. The van der Waals surface area contributed by atoms with Gasteiger partial charge in [-0.05, 0) is 32.4 Å². The van der Waals surface area contributed by atoms with Gasteiger partial charge in [-0.25, -0.2) is 4.98 Å². The third kappa shape index (κ3) is 3.93. The average molecular weight is 287 g/mol. The lowest BCUT2D eigenvalue weighted by atomic mass is 10.1. The number of aromatic nitrogens is 1. The fraction of sp³-hybridized carbons (Fsp3) is 0.471. The minimum atomic E-state index is 0.234. The SMILES string of the molecule is CNc1nc2ccccc2cc1CN(CCCO)C(C)C. The normalized spacial score (nSPS) is 11.5. The summed E-state index contributed by atoms with van der Waals surface area (Å²) in [5, 5.41) is 13.4. The Morgan fingerprint density at radius 3 is 2.71 bits per heavy atom. The first kappa shape index (κ1) is 15.7. The topological polar surface area (TPSA) is 48.4 Å². The lowest BCUT2D eigenvalue weighted by molar-refractivity contribution is 0.185. The third-order valence-corrected chi connectivity index (χ3v) is 3.75. The summed E-state index contributed by atoms with van der Waals surface area (Å²) in [5.41, 5.74) is 2.21. The molecule has 4 nitrogen and oxygen atoms in total. The quantitative estimate of drug-likeness (QED) is 0.822. The van der Waals surface area contributed by atoms with Gasteiger partial charge in [0.2, 0.25) is 0 Å². The molecule has 1 aromatic carbocycles. The molecule has 1 aromatic heterocycles. The van der Waals surface area contributed by atoms with E-state index >= 15 is 0 Å². The molecule has 0 amide bonds. The molecule has 0 aliphatic carbocycles. The zero-order valence-electron chi connectivity index (χ0n) is 13.1. The molecular formula is C17H25N3O. The van der Waals surface area contributed by atoms with Crippen LogP contribution in [0.15, 0.2) is 30.3 Å². The Morgan fingerprint density at radius 2 is 2.05 bits per heavy atom. The van der Waals surface area contributed by atoms with Gasteiger partial charge < -0.3 is 10.4 Å². The van der Waals surface area contributed by atoms with Crippen LogP contribution in [0.5, 0.6) is 0 Å². The molecule has 4 heteroatoms. The average Bonchev–Trinajstić information content (AvgIpc) is 2.50. The van der Waals surface area contributed by atoms with E-state index in [1.807, 2.05) is 25.2 Å². The van der Waals surface area contributed by atoms with E-state index in [9.17, 15) is 0 Å². The first-order chi connectivity index (χ1) is 10.2. The number of nitrogens with zero attached hydrogens (tertiary/aromatic N) is 2. The van der Waals surface area contributed by atoms with Gasteiger partial charge in [0.05, 0.1) is 5.52 Å². The van der Waals surface area contributed by atoms with E-state index < -0.39 is 0 Å². The predicted octanol–water partition coefficient (Wildman–Crippen LogP) is 2.87. The number of anilines is 1. The van der Waals surface area contributed by atoms with E-state index in [0.717, 1.165) is 36.2 Å². The van der Waals surface area contributed by atoms with E-state index in [4.69, 9.17) is 10.1 Å². The Balaban J connectivity index is 2.30. The number of nitrogens with one attached hydrogen (secondary N) is 1. The summed E-state index contributed by atoms with van der Waals surface area (Å²) in [5.74, 6) is 0.934. The van der Waals surface area contributed by atoms with Crippen LogP contribution in [-0.4, -0.2) is 41.2 Å². The number of aliphatic hydroxyl groups is 1. The highest BCUT2D eigenvalue weighted by atomic mass is 16.3. The molecule has 114 valence electrons. The molecule has 0 spiro atoms. The van der Waals surface area contributed by atoms with Gasteiger partial charge in [-0.15, -0.1) is 0 Å². The maximum absolute atomic E-state index is 9.05. The van der Waals surface area contributed by atoms with Gasteiger partial charge in [0.25, 0.3) is 0 Å². The molecule has 1 heterocycles. The number of hydrogen-bond acceptors (Lipinski definition) is 4. The number of para-hydroxylation sites is 1. The number of rotatable bonds is 7. The second kappa shape index (κ2) is 7.38. The Morgan fingerprint density at radius 1 is 1.29 bits per heavy atom. The maximum atomic E-state index is 9.05. The van der Waals surface area contributed by atoms with Crippen LogP contribution < -0.4 is 5.32 Å². The van der Waals surface area contributed by atoms with Crippen molar-refractivity contribution in [2.75, 3.05) is 25.5 Å². The Hall–Kier alpha value is -1.65. The first-order valence-electron chi connectivity index (χ1n) is 7.57. The third-order valence-electron chi connectivity index (χ3n) is 3.75. The van der Waals surface area contributed by atoms with E-state index in [0.29, 0.717) is 6.04 Å². The first-order valence-corrected chi connectivity index (χ1v) is 7.57. The van der Waals surface area contributed by atoms with Crippen LogP contribution in [0, 0.1) is 0 Å². The van der Waals surface area contributed by atoms with Crippen LogP contribution in [0.2, 0.25) is 0 Å². The van der Waals surface area contributed by atoms with Gasteiger partial charge in [0.15, 0.2) is 0 Å². The molecule has 0 fully saturated rings. The molecule has 2 aromatic rings. The van der Waals surface area contributed by atoms with Crippen molar-refractivity contribution in [1.29, 1.82) is 0 Å². The van der Waals surface area contributed by atoms with Crippen LogP contribution >= 0.6 is 0 Å². The molecule has 2 N–H and O–H groups in total. The summed E-state index contributed by atoms with van der Waals surface area (Å²) in [4.78, 5) is 7.06. The fourth-order valence-electron chi connectivity index (χ4n) is 2.51. The van der Waals surface area contributed by atoms with Gasteiger partial charge >= 0.3 is 0 Å². The highest BCUT2D eigenvalue weighted by Crippen LogP contribution is 2.22. The lowest BCUT2D eigenvalue weighted by Gasteiger charge is -2.27. The zero-order chi connectivity index (χ0) is 15.2. The van der Waals surface area contributed by atoms with E-state index in [1.165, 1.54) is 5.56 Å². The number of pyridine rings is 1. The van der Waals surface area contributed by atoms with Crippen LogP contribution in [-0.2, 0) is 6.54 Å². The van der Waals surface area contributed by atoms with E-state index in [-0.39, 0.29) is 6.61 Å². The van der Waals surface area contributed by atoms with Gasteiger partial charge in [-0.2, -0.15) is 0 Å². The summed E-state index contributed by atoms with van der Waals surface area (Å²) < 4.78 is 0. The molecule has 0 unspecified atom stereocenters. The summed E-state index contributed by atoms with van der Waals surface area (Å²) in [6, 6.07) is 10.8. The smallest absolute Gasteiger partial charge is 0.130 e. The number of aliphatic hydroxyl groups excluding tert-OH is 1. The summed E-state index contributed by atoms with van der Waals surface area (Å²) in [7, 11) is 1.91. The van der Waals surface area contributed by atoms with Crippen molar-refractivity contribution in [3.05, 3.63) is 35.9 Å². The van der Waals surface area contributed by atoms with Crippen LogP contribution in [0.3, 0.4) is 0 Å². The molecule has 0 aliphatic rings. The van der Waals surface area contributed by atoms with Crippen LogP contribution in [0.25, 0.3) is 10.9 Å². The van der Waals surface area contributed by atoms with Gasteiger partial charge in [-0.1, -0.05) is 18.2 Å². The molecule has 0 saturated heterocycles. The minimum absolute atomic E-state index is 0.234. The maximum Gasteiger partial charge on any atom is 0.130 e. The summed E-state index contributed by atoms with van der Waals surface area (Å²) >= 11 is 0. The molecule has 0 radical (unpaired) electrons. The number of hydrogen-bond donors (Lipinski definition) is 2. The van der Waals surface area contributed by atoms with E-state index in [2.05, 4.69) is 36.2 Å². The van der Waals surface area contributed by atoms with Crippen LogP contribution in [0.1, 0.15) is 25.8 Å². The Bertz CT molecular complexity index is 583. The minimum Gasteiger partial charge on any atom is -0.396 e. The van der Waals surface area contributed by atoms with Gasteiger partial charge in [0.1, 0.15) is 5.82 Å². The second-order valence-corrected chi connectivity index (χ2v) is 5.58. The number of fused-ring (bicyclic) bond motifs is 1. The van der Waals surface area contributed by atoms with Crippen LogP contribution in [0.4, 0.5) is 5.82 Å². The lowest BCUT2D eigenvalue weighted by Crippen LogP contribution is -2.32. The van der Waals surface area contributed by atoms with Crippen molar-refractivity contribution in [2.24, 2.45) is 0 Å². The van der Waals surface area contributed by atoms with Crippen molar-refractivity contribution in [1.82, 2.24) is 9.88 Å². The van der Waals surface area contributed by atoms with Crippen molar-refractivity contribution in [3.8, 4) is 0 Å². The number of benzene rings is 1. The van der Waals surface area contributed by atoms with Gasteiger partial charge in [0, 0.05) is 43.7 Å². The molecule has 2 rings (SSSR count). The standard InChI is InChI=1S/C17H25N3O/c1-13(2)20(9-6-10-21)12-15-11-14-7-4-5-8-16(14)19-17(15)18-3/h4-5,7-8,11,13,21H,6,9-10,12H2,1-3H3,(H,18,19). The molecule has 0 aliphatic heterocycles. The molecule has 0 bridgehead atoms. The predicted molar refractivity (Wildman–Crippen MR) is 88.5 cm³/mol. The highest BCUT2D eigenvalue weighted by molar-refractivity contribution is 5.81. The largest absolute Gasteiger partial charge is 0.396 e. The van der Waals surface area contributed by atoms with Crippen molar-refractivity contribution in [2.45, 2.75) is 32.9 Å². The summed E-state index contributed by atoms with van der Waals surface area (Å²) in [6.07, 6.45) is 0.800. The Labute approximate surface area is 126 Å². The molecule has 21 heavy (non-hydrogen) atoms. The summed E-state index contributed by atoms with van der Waals surface area (Å²) in [6.45, 7) is 6.34. The molecular weight excluding hydrogens is 262 g/mol. The van der Waals surface area contributed by atoms with Crippen molar-refractivity contribution < 1.29 is 5.11 Å². The van der Waals surface area contributed by atoms with E-state index in [1.54, 1.807) is 0 Å². The van der Waals surface area contributed by atoms with Crippen molar-refractivity contribution in [3.63, 3.8) is 0 Å². The fourth-order valence-corrected chi connectivity index (χ4v) is 2.51. The zero-order valence-corrected chi connectivity index (χ0v) is 13.1. The highest BCUT2D eigenvalue weighted by Gasteiger charge is 2.13. The van der Waals surface area contributed by atoms with Gasteiger partial charge in [-0.3, -0.25) is 4.90 Å². The Kier molecular flexibility index (Phi) is 5.53. The van der Waals surface area contributed by atoms with Crippen molar-refractivity contribution >= 4 is 16.7 Å².